The van der Waals surface area contributed by atoms with Gasteiger partial charge in [-0.15, -0.1) is 0 Å². The standard InChI is InChI=1S/C21H17N3O/c25-21(15-6-5-14-7-8-22-11-16(14)9-15)10-19-17-3-1-2-4-18(17)20-12-23-13-24(19)20/h1-9,11-13,19,21,25H,10H2. The highest BCUT2D eigenvalue weighted by molar-refractivity contribution is 5.82. The molecule has 2 unspecified atom stereocenters. The van der Waals surface area contributed by atoms with Crippen LogP contribution in [0.15, 0.2) is 73.4 Å². The smallest absolute Gasteiger partial charge is 0.0956 e. The third kappa shape index (κ3) is 2.26. The quantitative estimate of drug-likeness (QED) is 0.616. The van der Waals surface area contributed by atoms with Crippen molar-refractivity contribution in [2.45, 2.75) is 18.6 Å². The Morgan fingerprint density at radius 2 is 1.92 bits per heavy atom. The van der Waals surface area contributed by atoms with Crippen LogP contribution in [0, 0.1) is 0 Å². The Bertz CT molecular complexity index is 1070. The van der Waals surface area contributed by atoms with E-state index in [2.05, 4.69) is 32.7 Å². The van der Waals surface area contributed by atoms with Crippen LogP contribution in [-0.2, 0) is 0 Å². The minimum Gasteiger partial charge on any atom is -0.388 e. The zero-order valence-electron chi connectivity index (χ0n) is 13.6. The number of aliphatic hydroxyl groups is 1. The molecule has 0 fully saturated rings. The van der Waals surface area contributed by atoms with Crippen LogP contribution < -0.4 is 0 Å². The molecule has 0 saturated heterocycles. The predicted octanol–water partition coefficient (Wildman–Crippen LogP) is 4.12. The van der Waals surface area contributed by atoms with E-state index in [9.17, 15) is 5.11 Å². The molecule has 0 amide bonds. The van der Waals surface area contributed by atoms with Crippen molar-refractivity contribution in [3.63, 3.8) is 0 Å². The van der Waals surface area contributed by atoms with Crippen LogP contribution in [0.5, 0.6) is 0 Å². The number of rotatable bonds is 3. The van der Waals surface area contributed by atoms with Gasteiger partial charge in [-0.1, -0.05) is 36.4 Å². The Hall–Kier alpha value is -2.98. The Balaban J connectivity index is 1.50. The molecule has 2 aromatic carbocycles. The van der Waals surface area contributed by atoms with Gasteiger partial charge in [0.15, 0.2) is 0 Å². The fraction of sp³-hybridized carbons (Fsp3) is 0.143. The molecular weight excluding hydrogens is 310 g/mol. The van der Waals surface area contributed by atoms with E-state index in [0.717, 1.165) is 22.0 Å². The topological polar surface area (TPSA) is 50.9 Å². The number of fused-ring (bicyclic) bond motifs is 4. The summed E-state index contributed by atoms with van der Waals surface area (Å²) < 4.78 is 2.16. The summed E-state index contributed by atoms with van der Waals surface area (Å²) in [6, 6.07) is 16.5. The van der Waals surface area contributed by atoms with Crippen molar-refractivity contribution in [1.29, 1.82) is 0 Å². The first kappa shape index (κ1) is 14.4. The van der Waals surface area contributed by atoms with Gasteiger partial charge in [-0.3, -0.25) is 4.98 Å². The first-order valence-electron chi connectivity index (χ1n) is 8.44. The summed E-state index contributed by atoms with van der Waals surface area (Å²) >= 11 is 0. The number of hydrogen-bond acceptors (Lipinski definition) is 3. The van der Waals surface area contributed by atoms with E-state index in [1.165, 1.54) is 11.1 Å². The first-order valence-corrected chi connectivity index (χ1v) is 8.44. The summed E-state index contributed by atoms with van der Waals surface area (Å²) in [4.78, 5) is 8.46. The molecule has 5 rings (SSSR count). The molecule has 1 aliphatic rings. The molecule has 0 radical (unpaired) electrons. The lowest BCUT2D eigenvalue weighted by Gasteiger charge is -2.19. The molecule has 4 aromatic rings. The zero-order valence-corrected chi connectivity index (χ0v) is 13.6. The second kappa shape index (κ2) is 5.53. The van der Waals surface area contributed by atoms with Crippen LogP contribution in [0.4, 0.5) is 0 Å². The number of nitrogens with zero attached hydrogens (tertiary/aromatic N) is 3. The minimum atomic E-state index is -0.545. The molecule has 4 nitrogen and oxygen atoms in total. The van der Waals surface area contributed by atoms with Crippen LogP contribution in [0.25, 0.3) is 22.0 Å². The number of pyridine rings is 1. The van der Waals surface area contributed by atoms with E-state index >= 15 is 0 Å². The fourth-order valence-corrected chi connectivity index (χ4v) is 3.83. The van der Waals surface area contributed by atoms with E-state index < -0.39 is 6.10 Å². The SMILES string of the molecule is OC(CC1c2ccccc2-c2cncn21)c1ccc2ccncc2c1. The van der Waals surface area contributed by atoms with E-state index in [1.54, 1.807) is 6.20 Å². The van der Waals surface area contributed by atoms with E-state index in [-0.39, 0.29) is 6.04 Å². The highest BCUT2D eigenvalue weighted by atomic mass is 16.3. The molecule has 122 valence electrons. The average molecular weight is 327 g/mol. The molecule has 0 bridgehead atoms. The highest BCUT2D eigenvalue weighted by Crippen LogP contribution is 2.43. The van der Waals surface area contributed by atoms with Gasteiger partial charge in [-0.05, 0) is 28.6 Å². The van der Waals surface area contributed by atoms with Crippen molar-refractivity contribution in [2.75, 3.05) is 0 Å². The number of benzene rings is 2. The molecule has 2 atom stereocenters. The summed E-state index contributed by atoms with van der Waals surface area (Å²) in [6.07, 6.45) is 7.45. The van der Waals surface area contributed by atoms with Gasteiger partial charge in [-0.2, -0.15) is 0 Å². The summed E-state index contributed by atoms with van der Waals surface area (Å²) in [5.41, 5.74) is 4.50. The summed E-state index contributed by atoms with van der Waals surface area (Å²) in [5.74, 6) is 0. The maximum atomic E-state index is 10.9. The van der Waals surface area contributed by atoms with Crippen molar-refractivity contribution in [1.82, 2.24) is 14.5 Å². The number of aromatic nitrogens is 3. The van der Waals surface area contributed by atoms with Crippen molar-refractivity contribution in [3.05, 3.63) is 84.6 Å². The van der Waals surface area contributed by atoms with E-state index in [1.807, 2.05) is 49.1 Å². The first-order chi connectivity index (χ1) is 12.3. The van der Waals surface area contributed by atoms with Crippen molar-refractivity contribution in [2.24, 2.45) is 0 Å². The zero-order chi connectivity index (χ0) is 16.8. The molecule has 2 aromatic heterocycles. The normalized spacial score (nSPS) is 16.6. The Labute approximate surface area is 145 Å². The van der Waals surface area contributed by atoms with Gasteiger partial charge in [0.1, 0.15) is 0 Å². The summed E-state index contributed by atoms with van der Waals surface area (Å²) in [6.45, 7) is 0. The molecule has 0 saturated carbocycles. The molecule has 1 N–H and O–H groups in total. The van der Waals surface area contributed by atoms with E-state index in [0.29, 0.717) is 6.42 Å². The molecule has 1 aliphatic heterocycles. The molecular formula is C21H17N3O. The van der Waals surface area contributed by atoms with Gasteiger partial charge in [0.2, 0.25) is 0 Å². The molecule has 0 spiro atoms. The Kier molecular flexibility index (Phi) is 3.18. The van der Waals surface area contributed by atoms with Gasteiger partial charge in [-0.25, -0.2) is 4.98 Å². The second-order valence-electron chi connectivity index (χ2n) is 6.52. The second-order valence-corrected chi connectivity index (χ2v) is 6.52. The molecule has 0 aliphatic carbocycles. The summed E-state index contributed by atoms with van der Waals surface area (Å²) in [7, 11) is 0. The minimum absolute atomic E-state index is 0.105. The largest absolute Gasteiger partial charge is 0.388 e. The van der Waals surface area contributed by atoms with Gasteiger partial charge in [0.25, 0.3) is 0 Å². The van der Waals surface area contributed by atoms with Crippen LogP contribution in [0.2, 0.25) is 0 Å². The molecule has 4 heteroatoms. The van der Waals surface area contributed by atoms with Crippen LogP contribution >= 0.6 is 0 Å². The maximum Gasteiger partial charge on any atom is 0.0956 e. The van der Waals surface area contributed by atoms with Gasteiger partial charge >= 0.3 is 0 Å². The Morgan fingerprint density at radius 3 is 2.88 bits per heavy atom. The third-order valence-corrected chi connectivity index (χ3v) is 5.09. The number of hydrogen-bond donors (Lipinski definition) is 1. The predicted molar refractivity (Wildman–Crippen MR) is 97.1 cm³/mol. The fourth-order valence-electron chi connectivity index (χ4n) is 3.83. The van der Waals surface area contributed by atoms with Gasteiger partial charge in [0.05, 0.1) is 30.4 Å². The van der Waals surface area contributed by atoms with Gasteiger partial charge in [0, 0.05) is 29.8 Å². The van der Waals surface area contributed by atoms with Crippen LogP contribution in [0.1, 0.15) is 29.7 Å². The van der Waals surface area contributed by atoms with E-state index in [4.69, 9.17) is 0 Å². The maximum absolute atomic E-state index is 10.9. The van der Waals surface area contributed by atoms with Crippen LogP contribution in [0.3, 0.4) is 0 Å². The molecule has 3 heterocycles. The number of aliphatic hydroxyl groups excluding tert-OH is 1. The van der Waals surface area contributed by atoms with Crippen molar-refractivity contribution >= 4 is 10.8 Å². The van der Waals surface area contributed by atoms with Crippen molar-refractivity contribution in [3.8, 4) is 11.3 Å². The summed E-state index contributed by atoms with van der Waals surface area (Å²) in [5, 5.41) is 13.1. The van der Waals surface area contributed by atoms with Crippen molar-refractivity contribution < 1.29 is 5.11 Å². The third-order valence-electron chi connectivity index (χ3n) is 5.09. The lowest BCUT2D eigenvalue weighted by atomic mass is 9.95. The van der Waals surface area contributed by atoms with Gasteiger partial charge < -0.3 is 9.67 Å². The lowest BCUT2D eigenvalue weighted by molar-refractivity contribution is 0.154. The average Bonchev–Trinajstić information content (AvgIpc) is 3.24. The monoisotopic (exact) mass is 327 g/mol. The number of imidazole rings is 1. The highest BCUT2D eigenvalue weighted by Gasteiger charge is 2.30. The van der Waals surface area contributed by atoms with Crippen LogP contribution in [-0.4, -0.2) is 19.6 Å². The molecule has 25 heavy (non-hydrogen) atoms. The Morgan fingerprint density at radius 1 is 1.00 bits per heavy atom. The lowest BCUT2D eigenvalue weighted by Crippen LogP contribution is -2.10.